The van der Waals surface area contributed by atoms with Gasteiger partial charge in [0.15, 0.2) is 0 Å². The van der Waals surface area contributed by atoms with E-state index in [4.69, 9.17) is 4.74 Å². The molecule has 3 fully saturated rings. The molecule has 1 aliphatic heterocycles. The fourth-order valence-electron chi connectivity index (χ4n) is 9.56. The second-order valence-corrected chi connectivity index (χ2v) is 16.9. The summed E-state index contributed by atoms with van der Waals surface area (Å²) in [4.78, 5) is 0. The monoisotopic (exact) mass is 663 g/mol. The van der Waals surface area contributed by atoms with E-state index in [9.17, 15) is 0 Å². The lowest BCUT2D eigenvalue weighted by atomic mass is 9.54. The predicted octanol–water partition coefficient (Wildman–Crippen LogP) is 15.7. The topological polar surface area (TPSA) is 9.23 Å². The van der Waals surface area contributed by atoms with Crippen LogP contribution in [0.5, 0.6) is 0 Å². The number of fused-ring (bicyclic) bond motifs is 1. The minimum absolute atomic E-state index is 0.284. The maximum absolute atomic E-state index is 6.88. The molecule has 0 N–H and O–H groups in total. The summed E-state index contributed by atoms with van der Waals surface area (Å²) in [7, 11) is 0. The van der Waals surface area contributed by atoms with Crippen molar-refractivity contribution in [2.45, 2.75) is 232 Å². The van der Waals surface area contributed by atoms with Crippen molar-refractivity contribution in [1.82, 2.24) is 0 Å². The van der Waals surface area contributed by atoms with Gasteiger partial charge in [0.25, 0.3) is 0 Å². The Morgan fingerprint density at radius 2 is 0.917 bits per heavy atom. The smallest absolute Gasteiger partial charge is 0.0700 e. The second-order valence-electron chi connectivity index (χ2n) is 16.9. The first-order chi connectivity index (χ1) is 23.6. The van der Waals surface area contributed by atoms with Gasteiger partial charge in [0, 0.05) is 0 Å². The number of allylic oxidation sites excluding steroid dienone is 8. The SMILES string of the molecule is CCCCC/C=C\C/C=C\CCCCCCCCC1(CCCCCCCC/C=C\C/C=C\CCCCC)CC2(C[C@H]3CC(C)CC3O2)C1. The third kappa shape index (κ3) is 17.2. The average Bonchev–Trinajstić information content (AvgIpc) is 3.58. The van der Waals surface area contributed by atoms with E-state index in [1.54, 1.807) is 0 Å². The van der Waals surface area contributed by atoms with Crippen molar-refractivity contribution in [3.05, 3.63) is 48.6 Å². The summed E-state index contributed by atoms with van der Waals surface area (Å²) in [6.45, 7) is 7.00. The van der Waals surface area contributed by atoms with Gasteiger partial charge in [0.05, 0.1) is 11.7 Å². The van der Waals surface area contributed by atoms with Gasteiger partial charge in [-0.1, -0.05) is 159 Å². The molecule has 3 atom stereocenters. The lowest BCUT2D eigenvalue weighted by molar-refractivity contribution is -0.168. The van der Waals surface area contributed by atoms with Gasteiger partial charge in [-0.2, -0.15) is 0 Å². The van der Waals surface area contributed by atoms with Crippen molar-refractivity contribution in [3.8, 4) is 0 Å². The Morgan fingerprint density at radius 3 is 1.35 bits per heavy atom. The quantitative estimate of drug-likeness (QED) is 0.0549. The summed E-state index contributed by atoms with van der Waals surface area (Å²) in [5.41, 5.74) is 0.890. The summed E-state index contributed by atoms with van der Waals surface area (Å²) < 4.78 is 6.88. The van der Waals surface area contributed by atoms with Crippen LogP contribution in [0.3, 0.4) is 0 Å². The molecule has 1 heterocycles. The molecular formula is C47H82O. The van der Waals surface area contributed by atoms with Crippen molar-refractivity contribution < 1.29 is 4.74 Å². The predicted molar refractivity (Wildman–Crippen MR) is 214 cm³/mol. The van der Waals surface area contributed by atoms with Crippen LogP contribution in [0.15, 0.2) is 48.6 Å². The normalized spacial score (nSPS) is 23.1. The molecular weight excluding hydrogens is 581 g/mol. The molecule has 0 radical (unpaired) electrons. The van der Waals surface area contributed by atoms with E-state index in [0.717, 1.165) is 24.7 Å². The van der Waals surface area contributed by atoms with Gasteiger partial charge in [-0.3, -0.25) is 0 Å². The van der Waals surface area contributed by atoms with Crippen LogP contribution in [0.25, 0.3) is 0 Å². The Balaban J connectivity index is 1.22. The zero-order valence-electron chi connectivity index (χ0n) is 32.7. The van der Waals surface area contributed by atoms with Crippen LogP contribution < -0.4 is 0 Å². The van der Waals surface area contributed by atoms with Crippen molar-refractivity contribution >= 4 is 0 Å². The molecule has 1 nitrogen and oxygen atoms in total. The summed E-state index contributed by atoms with van der Waals surface area (Å²) in [6.07, 6.45) is 62.0. The third-order valence-electron chi connectivity index (χ3n) is 12.1. The molecule has 0 amide bonds. The maximum Gasteiger partial charge on any atom is 0.0700 e. The van der Waals surface area contributed by atoms with Crippen molar-refractivity contribution in [3.63, 3.8) is 0 Å². The summed E-state index contributed by atoms with van der Waals surface area (Å²) in [5.74, 6) is 1.76. The Kier molecular flexibility index (Phi) is 22.2. The molecule has 0 aromatic rings. The van der Waals surface area contributed by atoms with Crippen LogP contribution in [0.1, 0.15) is 220 Å². The van der Waals surface area contributed by atoms with Gasteiger partial charge in [-0.15, -0.1) is 0 Å². The zero-order chi connectivity index (χ0) is 34.0. The number of hydrogen-bond acceptors (Lipinski definition) is 1. The first-order valence-corrected chi connectivity index (χ1v) is 21.9. The second kappa shape index (κ2) is 25.8. The highest BCUT2D eigenvalue weighted by Crippen LogP contribution is 2.63. The van der Waals surface area contributed by atoms with Gasteiger partial charge in [-0.05, 0) is 126 Å². The number of hydrogen-bond donors (Lipinski definition) is 0. The number of ether oxygens (including phenoxy) is 1. The lowest BCUT2D eigenvalue weighted by Gasteiger charge is -2.55. The first kappa shape index (κ1) is 41.3. The van der Waals surface area contributed by atoms with Crippen LogP contribution in [0, 0.1) is 17.3 Å². The van der Waals surface area contributed by atoms with Crippen LogP contribution in [-0.4, -0.2) is 11.7 Å². The Hall–Kier alpha value is -1.08. The highest BCUT2D eigenvalue weighted by molar-refractivity contribution is 5.11. The van der Waals surface area contributed by atoms with Gasteiger partial charge in [-0.25, -0.2) is 0 Å². The van der Waals surface area contributed by atoms with Gasteiger partial charge in [0.2, 0.25) is 0 Å². The van der Waals surface area contributed by atoms with Crippen LogP contribution in [-0.2, 0) is 4.74 Å². The standard InChI is InChI=1S/C47H82O/c1-4-6-8-10-12-14-16-18-20-22-24-26-28-30-32-34-36-46(41-47(42-46)40-44-38-43(3)39-45(44)48-47)37-35-33-31-29-27-25-23-21-19-17-15-13-11-9-7-5-2/h12-15,18-21,43-45H,4-11,16-17,22-42H2,1-3H3/b14-12-,15-13-,20-18-,21-19-/t43?,44-,45?/m1/s1. The summed E-state index contributed by atoms with van der Waals surface area (Å²) in [5, 5.41) is 0. The Morgan fingerprint density at radius 1 is 0.500 bits per heavy atom. The van der Waals surface area contributed by atoms with E-state index in [0.29, 0.717) is 11.5 Å². The van der Waals surface area contributed by atoms with E-state index in [2.05, 4.69) is 69.4 Å². The molecule has 1 heteroatoms. The van der Waals surface area contributed by atoms with Gasteiger partial charge < -0.3 is 4.74 Å². The van der Waals surface area contributed by atoms with Crippen LogP contribution in [0.2, 0.25) is 0 Å². The van der Waals surface area contributed by atoms with E-state index >= 15 is 0 Å². The minimum atomic E-state index is 0.284. The van der Waals surface area contributed by atoms with Gasteiger partial charge >= 0.3 is 0 Å². The lowest BCUT2D eigenvalue weighted by Crippen LogP contribution is -2.52. The molecule has 1 saturated heterocycles. The van der Waals surface area contributed by atoms with Crippen molar-refractivity contribution in [2.75, 3.05) is 0 Å². The fourth-order valence-corrected chi connectivity index (χ4v) is 9.56. The first-order valence-electron chi connectivity index (χ1n) is 21.9. The summed E-state index contributed by atoms with van der Waals surface area (Å²) >= 11 is 0. The molecule has 0 bridgehead atoms. The Bertz CT molecular complexity index is 819. The van der Waals surface area contributed by atoms with E-state index in [1.807, 2.05) is 0 Å². The minimum Gasteiger partial charge on any atom is -0.371 e. The highest BCUT2D eigenvalue weighted by Gasteiger charge is 2.60. The Labute approximate surface area is 301 Å². The molecule has 2 unspecified atom stereocenters. The zero-order valence-corrected chi connectivity index (χ0v) is 32.7. The molecule has 3 aliphatic rings. The molecule has 2 saturated carbocycles. The van der Waals surface area contributed by atoms with Gasteiger partial charge in [0.1, 0.15) is 0 Å². The largest absolute Gasteiger partial charge is 0.371 e. The molecule has 0 aromatic heterocycles. The number of unbranched alkanes of at least 4 members (excludes halogenated alkanes) is 18. The molecule has 0 aromatic carbocycles. The van der Waals surface area contributed by atoms with Crippen molar-refractivity contribution in [1.29, 1.82) is 0 Å². The van der Waals surface area contributed by atoms with Crippen molar-refractivity contribution in [2.24, 2.45) is 17.3 Å². The van der Waals surface area contributed by atoms with E-state index in [-0.39, 0.29) is 5.60 Å². The van der Waals surface area contributed by atoms with E-state index in [1.165, 1.54) is 186 Å². The fraction of sp³-hybridized carbons (Fsp3) is 0.830. The highest BCUT2D eigenvalue weighted by atomic mass is 16.5. The number of rotatable bonds is 30. The maximum atomic E-state index is 6.88. The molecule has 276 valence electrons. The van der Waals surface area contributed by atoms with Crippen LogP contribution in [0.4, 0.5) is 0 Å². The average molecular weight is 663 g/mol. The van der Waals surface area contributed by atoms with Crippen LogP contribution >= 0.6 is 0 Å². The summed E-state index contributed by atoms with van der Waals surface area (Å²) in [6, 6.07) is 0. The van der Waals surface area contributed by atoms with E-state index < -0.39 is 0 Å². The third-order valence-corrected chi connectivity index (χ3v) is 12.1. The molecule has 48 heavy (non-hydrogen) atoms. The molecule has 3 rings (SSSR count). The molecule has 1 spiro atoms. The molecule has 2 aliphatic carbocycles.